The van der Waals surface area contributed by atoms with Crippen molar-refractivity contribution < 1.29 is 18.6 Å². The fraction of sp³-hybridized carbons (Fsp3) is 0.208. The van der Waals surface area contributed by atoms with Gasteiger partial charge in [-0.25, -0.2) is 4.39 Å². The van der Waals surface area contributed by atoms with Gasteiger partial charge >= 0.3 is 0 Å². The lowest BCUT2D eigenvalue weighted by Crippen LogP contribution is -2.36. The van der Waals surface area contributed by atoms with E-state index < -0.39 is 5.82 Å². The van der Waals surface area contributed by atoms with Crippen LogP contribution in [0.4, 0.5) is 10.1 Å². The van der Waals surface area contributed by atoms with Gasteiger partial charge in [-0.05, 0) is 23.8 Å². The summed E-state index contributed by atoms with van der Waals surface area (Å²) in [6, 6.07) is 19.3. The van der Waals surface area contributed by atoms with Crippen molar-refractivity contribution in [3.63, 3.8) is 0 Å². The van der Waals surface area contributed by atoms with E-state index in [0.29, 0.717) is 48.5 Å². The van der Waals surface area contributed by atoms with E-state index in [1.54, 1.807) is 18.2 Å². The number of benzene rings is 3. The van der Waals surface area contributed by atoms with Crippen molar-refractivity contribution in [1.82, 2.24) is 0 Å². The Balaban J connectivity index is 1.69. The molecule has 7 heteroatoms. The maximum absolute atomic E-state index is 15.0. The van der Waals surface area contributed by atoms with E-state index in [9.17, 15) is 9.65 Å². The Morgan fingerprint density at radius 1 is 1.00 bits per heavy atom. The third kappa shape index (κ3) is 5.08. The minimum atomic E-state index is -0.408. The Bertz CT molecular complexity index is 1100. The molecule has 1 fully saturated rings. The second kappa shape index (κ2) is 9.69. The highest BCUT2D eigenvalue weighted by Crippen LogP contribution is 2.39. The van der Waals surface area contributed by atoms with Crippen LogP contribution in [0.25, 0.3) is 0 Å². The first-order chi connectivity index (χ1) is 15.1. The highest BCUT2D eigenvalue weighted by molar-refractivity contribution is 6.30. The molecule has 0 spiro atoms. The van der Waals surface area contributed by atoms with E-state index >= 15 is 0 Å². The summed E-state index contributed by atoms with van der Waals surface area (Å²) in [4.78, 5) is 1.90. The summed E-state index contributed by atoms with van der Waals surface area (Å²) in [5.74, 6) is 0.472. The number of nitriles is 1. The van der Waals surface area contributed by atoms with Gasteiger partial charge in [-0.1, -0.05) is 41.9 Å². The topological polar surface area (TPSA) is 54.7 Å². The molecule has 5 nitrogen and oxygen atoms in total. The van der Waals surface area contributed by atoms with Crippen LogP contribution in [0.2, 0.25) is 5.02 Å². The van der Waals surface area contributed by atoms with Gasteiger partial charge in [-0.15, -0.1) is 0 Å². The Labute approximate surface area is 185 Å². The molecule has 0 bridgehead atoms. The molecule has 31 heavy (non-hydrogen) atoms. The molecule has 4 rings (SSSR count). The van der Waals surface area contributed by atoms with Gasteiger partial charge in [-0.2, -0.15) is 5.26 Å². The summed E-state index contributed by atoms with van der Waals surface area (Å²) in [5.41, 5.74) is 1.62. The number of hydrogen-bond acceptors (Lipinski definition) is 5. The molecule has 0 radical (unpaired) electrons. The van der Waals surface area contributed by atoms with Gasteiger partial charge in [0.25, 0.3) is 0 Å². The molecule has 158 valence electrons. The minimum Gasteiger partial charge on any atom is -0.485 e. The van der Waals surface area contributed by atoms with Crippen LogP contribution in [0.1, 0.15) is 11.1 Å². The van der Waals surface area contributed by atoms with E-state index in [0.717, 1.165) is 5.56 Å². The first-order valence-electron chi connectivity index (χ1n) is 9.84. The van der Waals surface area contributed by atoms with Crippen LogP contribution >= 0.6 is 11.6 Å². The third-order valence-electron chi connectivity index (χ3n) is 4.88. The maximum Gasteiger partial charge on any atom is 0.171 e. The van der Waals surface area contributed by atoms with Crippen molar-refractivity contribution in [1.29, 1.82) is 5.26 Å². The Kier molecular flexibility index (Phi) is 6.56. The van der Waals surface area contributed by atoms with E-state index in [1.165, 1.54) is 12.1 Å². The average Bonchev–Trinajstić information content (AvgIpc) is 2.81. The molecule has 1 aliphatic heterocycles. The van der Waals surface area contributed by atoms with Crippen molar-refractivity contribution >= 4 is 17.3 Å². The minimum absolute atomic E-state index is 0.247. The number of hydrogen-bond donors (Lipinski definition) is 0. The second-order valence-electron chi connectivity index (χ2n) is 6.98. The molecule has 0 atom stereocenters. The number of morpholine rings is 1. The number of halogens is 2. The molecule has 3 aromatic carbocycles. The largest absolute Gasteiger partial charge is 0.485 e. The fourth-order valence-electron chi connectivity index (χ4n) is 3.30. The van der Waals surface area contributed by atoms with Gasteiger partial charge in [-0.3, -0.25) is 0 Å². The van der Waals surface area contributed by atoms with Gasteiger partial charge in [0.1, 0.15) is 24.2 Å². The molecule has 0 saturated carbocycles. The van der Waals surface area contributed by atoms with Gasteiger partial charge in [0.05, 0.1) is 24.5 Å². The van der Waals surface area contributed by atoms with Gasteiger partial charge in [0, 0.05) is 30.2 Å². The molecule has 1 aliphatic rings. The molecule has 0 aliphatic carbocycles. The van der Waals surface area contributed by atoms with Crippen LogP contribution in [-0.4, -0.2) is 26.3 Å². The van der Waals surface area contributed by atoms with Gasteiger partial charge in [0.15, 0.2) is 11.5 Å². The van der Waals surface area contributed by atoms with Crippen molar-refractivity contribution in [2.75, 3.05) is 31.2 Å². The molecule has 3 aromatic rings. The summed E-state index contributed by atoms with van der Waals surface area (Å²) in [6.45, 7) is 2.45. The zero-order chi connectivity index (χ0) is 21.6. The molecular weight excluding hydrogens is 419 g/mol. The predicted octanol–water partition coefficient (Wildman–Crippen LogP) is 5.56. The molecule has 1 heterocycles. The smallest absolute Gasteiger partial charge is 0.171 e. The van der Waals surface area contributed by atoms with Crippen LogP contribution in [0.5, 0.6) is 17.2 Å². The van der Waals surface area contributed by atoms with Crippen molar-refractivity contribution in [3.05, 3.63) is 82.6 Å². The lowest BCUT2D eigenvalue weighted by molar-refractivity contribution is 0.122. The summed E-state index contributed by atoms with van der Waals surface area (Å²) in [5, 5.41) is 9.87. The van der Waals surface area contributed by atoms with E-state index in [1.807, 2.05) is 35.2 Å². The highest BCUT2D eigenvalue weighted by Gasteiger charge is 2.20. The summed E-state index contributed by atoms with van der Waals surface area (Å²) < 4.78 is 32.3. The summed E-state index contributed by atoms with van der Waals surface area (Å²) >= 11 is 6.00. The number of ether oxygens (including phenoxy) is 3. The fourth-order valence-corrected chi connectivity index (χ4v) is 3.47. The normalized spacial score (nSPS) is 13.5. The Morgan fingerprint density at radius 3 is 2.52 bits per heavy atom. The molecule has 0 aromatic heterocycles. The zero-order valence-electron chi connectivity index (χ0n) is 16.7. The standard InChI is InChI=1S/C24H20ClFN2O3/c25-19-6-7-22(18(12-19)15-27)31-24-14-21(28-8-10-29-11-9-28)20(26)13-23(24)30-16-17-4-2-1-3-5-17/h1-7,12-14H,8-11,16H2. The predicted molar refractivity (Wildman–Crippen MR) is 116 cm³/mol. The number of rotatable bonds is 6. The van der Waals surface area contributed by atoms with Crippen LogP contribution in [0.3, 0.4) is 0 Å². The maximum atomic E-state index is 15.0. The quantitative estimate of drug-likeness (QED) is 0.504. The van der Waals surface area contributed by atoms with Crippen molar-refractivity contribution in [2.24, 2.45) is 0 Å². The lowest BCUT2D eigenvalue weighted by atomic mass is 10.2. The van der Waals surface area contributed by atoms with Crippen LogP contribution in [0, 0.1) is 17.1 Å². The average molecular weight is 439 g/mol. The van der Waals surface area contributed by atoms with Crippen LogP contribution in [-0.2, 0) is 11.3 Å². The van der Waals surface area contributed by atoms with Crippen LogP contribution in [0.15, 0.2) is 60.7 Å². The number of nitrogens with zero attached hydrogens (tertiary/aromatic N) is 2. The molecular formula is C24H20ClFN2O3. The van der Waals surface area contributed by atoms with Crippen molar-refractivity contribution in [3.8, 4) is 23.3 Å². The van der Waals surface area contributed by atoms with Gasteiger partial charge < -0.3 is 19.1 Å². The Hall–Kier alpha value is -3.27. The highest BCUT2D eigenvalue weighted by atomic mass is 35.5. The second-order valence-corrected chi connectivity index (χ2v) is 7.41. The molecule has 1 saturated heterocycles. The number of anilines is 1. The Morgan fingerprint density at radius 2 is 1.77 bits per heavy atom. The van der Waals surface area contributed by atoms with E-state index in [4.69, 9.17) is 25.8 Å². The third-order valence-corrected chi connectivity index (χ3v) is 5.12. The van der Waals surface area contributed by atoms with Gasteiger partial charge in [0.2, 0.25) is 0 Å². The van der Waals surface area contributed by atoms with E-state index in [2.05, 4.69) is 6.07 Å². The van der Waals surface area contributed by atoms with E-state index in [-0.39, 0.29) is 17.9 Å². The SMILES string of the molecule is N#Cc1cc(Cl)ccc1Oc1cc(N2CCOCC2)c(F)cc1OCc1ccccc1. The van der Waals surface area contributed by atoms with Crippen molar-refractivity contribution in [2.45, 2.75) is 6.61 Å². The lowest BCUT2D eigenvalue weighted by Gasteiger charge is -2.29. The summed E-state index contributed by atoms with van der Waals surface area (Å²) in [7, 11) is 0. The summed E-state index contributed by atoms with van der Waals surface area (Å²) in [6.07, 6.45) is 0. The first-order valence-corrected chi connectivity index (χ1v) is 10.2. The monoisotopic (exact) mass is 438 g/mol. The molecule has 0 N–H and O–H groups in total. The van der Waals surface area contributed by atoms with Crippen LogP contribution < -0.4 is 14.4 Å². The molecule has 0 unspecified atom stereocenters. The molecule has 0 amide bonds. The first kappa shape index (κ1) is 21.0. The zero-order valence-corrected chi connectivity index (χ0v) is 17.4.